The number of fused-ring (bicyclic) bond motifs is 5. The molecule has 2 fully saturated rings. The maximum absolute atomic E-state index is 4.70. The Morgan fingerprint density at radius 1 is 0.765 bits per heavy atom. The van der Waals surface area contributed by atoms with Crippen LogP contribution in [0.3, 0.4) is 0 Å². The van der Waals surface area contributed by atoms with Gasteiger partial charge in [0.1, 0.15) is 0 Å². The fraction of sp³-hybridized carbons (Fsp3) is 0.467. The highest BCUT2D eigenvalue weighted by Crippen LogP contribution is 2.73. The molecule has 0 radical (unpaired) electrons. The van der Waals surface area contributed by atoms with Crippen molar-refractivity contribution in [3.8, 4) is 0 Å². The summed E-state index contributed by atoms with van der Waals surface area (Å²) in [6.07, 6.45) is 7.29. The Hall–Kier alpha value is -1.44. The summed E-state index contributed by atoms with van der Waals surface area (Å²) < 4.78 is 0. The van der Waals surface area contributed by atoms with E-state index in [0.29, 0.717) is 5.92 Å². The molecule has 5 atom stereocenters. The number of aryl methyl sites for hydroxylation is 2. The minimum absolute atomic E-state index is 0.714. The van der Waals surface area contributed by atoms with E-state index in [-0.39, 0.29) is 0 Å². The van der Waals surface area contributed by atoms with Gasteiger partial charge in [0.15, 0.2) is 0 Å². The number of allylic oxidation sites excluding steroid dienone is 2. The highest BCUT2D eigenvalue weighted by molar-refractivity contribution is 5.59. The lowest BCUT2D eigenvalue weighted by Gasteiger charge is -2.29. The van der Waals surface area contributed by atoms with Crippen molar-refractivity contribution in [1.82, 2.24) is 9.97 Å². The summed E-state index contributed by atoms with van der Waals surface area (Å²) >= 11 is 0. The fourth-order valence-corrected chi connectivity index (χ4v) is 4.21. The Morgan fingerprint density at radius 3 is 1.94 bits per heavy atom. The minimum Gasteiger partial charge on any atom is -0.250 e. The van der Waals surface area contributed by atoms with Gasteiger partial charge in [-0.2, -0.15) is 0 Å². The predicted octanol–water partition coefficient (Wildman–Crippen LogP) is 0.716. The third-order valence-corrected chi connectivity index (χ3v) is 5.21. The molecule has 0 aliphatic heterocycles. The smallest absolute Gasteiger partial charge is 0.0850 e. The minimum atomic E-state index is 0.714. The number of hydrogen-bond donors (Lipinski definition) is 0. The molecule has 0 saturated heterocycles. The molecule has 1 aromatic rings. The molecule has 1 heterocycles. The van der Waals surface area contributed by atoms with E-state index in [1.807, 2.05) is 0 Å². The van der Waals surface area contributed by atoms with Gasteiger partial charge in [0.05, 0.1) is 22.1 Å². The first-order valence-electron chi connectivity index (χ1n) is 6.50. The molecule has 4 aliphatic rings. The van der Waals surface area contributed by atoms with Crippen molar-refractivity contribution in [2.24, 2.45) is 29.6 Å². The van der Waals surface area contributed by atoms with Crippen LogP contribution in [0.4, 0.5) is 0 Å². The van der Waals surface area contributed by atoms with E-state index in [2.05, 4.69) is 32.1 Å². The molecule has 84 valence electrons. The molecule has 5 rings (SSSR count). The van der Waals surface area contributed by atoms with Gasteiger partial charge in [-0.25, -0.2) is 9.97 Å². The Balaban J connectivity index is 1.79. The highest BCUT2D eigenvalue weighted by Gasteiger charge is 2.67. The van der Waals surface area contributed by atoms with E-state index in [0.717, 1.165) is 45.8 Å². The molecule has 0 bridgehead atoms. The van der Waals surface area contributed by atoms with Crippen molar-refractivity contribution in [1.29, 1.82) is 0 Å². The zero-order valence-electron chi connectivity index (χ0n) is 10.0. The van der Waals surface area contributed by atoms with Crippen LogP contribution in [0.5, 0.6) is 0 Å². The molecular weight excluding hydrogens is 208 g/mol. The number of nitrogens with zero attached hydrogens (tertiary/aromatic N) is 2. The Kier molecular flexibility index (Phi) is 1.21. The van der Waals surface area contributed by atoms with Gasteiger partial charge in [0, 0.05) is 0 Å². The van der Waals surface area contributed by atoms with Crippen LogP contribution in [-0.2, 0) is 0 Å². The van der Waals surface area contributed by atoms with E-state index < -0.39 is 0 Å². The van der Waals surface area contributed by atoms with Gasteiger partial charge in [-0.15, -0.1) is 0 Å². The summed E-state index contributed by atoms with van der Waals surface area (Å²) in [5, 5.41) is 2.25. The quantitative estimate of drug-likeness (QED) is 0.604. The molecule has 0 amide bonds. The van der Waals surface area contributed by atoms with Crippen LogP contribution in [0.25, 0.3) is 12.2 Å². The number of rotatable bonds is 0. The third kappa shape index (κ3) is 0.831. The summed E-state index contributed by atoms with van der Waals surface area (Å²) in [5.74, 6) is 4.08. The highest BCUT2D eigenvalue weighted by atomic mass is 14.8. The fourth-order valence-electron chi connectivity index (χ4n) is 4.21. The zero-order valence-corrected chi connectivity index (χ0v) is 10.0. The van der Waals surface area contributed by atoms with Crippen molar-refractivity contribution in [3.63, 3.8) is 0 Å². The molecule has 4 aliphatic carbocycles. The standard InChI is InChI=1S/C15H14N2/c1-6-7(2)17-13-5-10-8(4-12(13)16-6)9-3-11-14(9)15(10)11/h3-5,8-10,14-15H,1-2H3. The lowest BCUT2D eigenvalue weighted by atomic mass is 9.75. The molecule has 2 heteroatoms. The van der Waals surface area contributed by atoms with E-state index in [9.17, 15) is 0 Å². The number of hydrogen-bond acceptors (Lipinski definition) is 2. The summed E-state index contributed by atoms with van der Waals surface area (Å²) in [6.45, 7) is 4.10. The summed E-state index contributed by atoms with van der Waals surface area (Å²) in [7, 11) is 0. The van der Waals surface area contributed by atoms with Crippen LogP contribution in [0.15, 0.2) is 11.6 Å². The lowest BCUT2D eigenvalue weighted by molar-refractivity contribution is 0.440. The molecule has 2 nitrogen and oxygen atoms in total. The second-order valence-electron chi connectivity index (χ2n) is 5.95. The van der Waals surface area contributed by atoms with Crippen molar-refractivity contribution < 1.29 is 0 Å². The molecule has 0 N–H and O–H groups in total. The normalized spacial score (nSPS) is 42.2. The third-order valence-electron chi connectivity index (χ3n) is 5.21. The maximum Gasteiger partial charge on any atom is 0.0850 e. The number of aromatic nitrogens is 2. The first-order valence-corrected chi connectivity index (χ1v) is 6.50. The first kappa shape index (κ1) is 8.62. The molecule has 2 saturated carbocycles. The maximum atomic E-state index is 4.70. The van der Waals surface area contributed by atoms with Crippen LogP contribution in [0.1, 0.15) is 11.4 Å². The average Bonchev–Trinajstić information content (AvgIpc) is 2.76. The second kappa shape index (κ2) is 2.38. The van der Waals surface area contributed by atoms with Crippen molar-refractivity contribution in [3.05, 3.63) is 33.7 Å². The molecule has 5 unspecified atom stereocenters. The van der Waals surface area contributed by atoms with Gasteiger partial charge in [0.25, 0.3) is 0 Å². The molecular formula is C15H14N2. The van der Waals surface area contributed by atoms with E-state index in [4.69, 9.17) is 9.97 Å². The predicted molar refractivity (Wildman–Crippen MR) is 65.2 cm³/mol. The van der Waals surface area contributed by atoms with E-state index in [1.165, 1.54) is 0 Å². The summed E-state index contributed by atoms with van der Waals surface area (Å²) in [5.41, 5.74) is 3.88. The van der Waals surface area contributed by atoms with Gasteiger partial charge in [-0.1, -0.05) is 23.8 Å². The molecule has 17 heavy (non-hydrogen) atoms. The first-order chi connectivity index (χ1) is 8.24. The lowest BCUT2D eigenvalue weighted by Crippen LogP contribution is -2.40. The van der Waals surface area contributed by atoms with Gasteiger partial charge >= 0.3 is 0 Å². The van der Waals surface area contributed by atoms with E-state index >= 15 is 0 Å². The van der Waals surface area contributed by atoms with E-state index in [1.54, 1.807) is 5.57 Å². The average molecular weight is 222 g/mol. The van der Waals surface area contributed by atoms with Crippen LogP contribution in [-0.4, -0.2) is 9.97 Å². The molecule has 0 spiro atoms. The van der Waals surface area contributed by atoms with Crippen molar-refractivity contribution >= 4 is 12.2 Å². The van der Waals surface area contributed by atoms with Crippen LogP contribution >= 0.6 is 0 Å². The topological polar surface area (TPSA) is 25.8 Å². The summed E-state index contributed by atoms with van der Waals surface area (Å²) in [6, 6.07) is 0. The molecule has 1 aromatic heterocycles. The van der Waals surface area contributed by atoms with Crippen LogP contribution < -0.4 is 10.7 Å². The van der Waals surface area contributed by atoms with Gasteiger partial charge in [0.2, 0.25) is 0 Å². The molecule has 0 aromatic carbocycles. The van der Waals surface area contributed by atoms with Crippen molar-refractivity contribution in [2.75, 3.05) is 0 Å². The van der Waals surface area contributed by atoms with Crippen molar-refractivity contribution in [2.45, 2.75) is 13.8 Å². The Labute approximate surface area is 99.8 Å². The monoisotopic (exact) mass is 222 g/mol. The van der Waals surface area contributed by atoms with Crippen LogP contribution in [0.2, 0.25) is 0 Å². The Morgan fingerprint density at radius 2 is 1.29 bits per heavy atom. The zero-order chi connectivity index (χ0) is 11.3. The largest absolute Gasteiger partial charge is 0.250 e. The summed E-state index contributed by atoms with van der Waals surface area (Å²) in [4.78, 5) is 9.39. The van der Waals surface area contributed by atoms with Gasteiger partial charge < -0.3 is 0 Å². The second-order valence-corrected chi connectivity index (χ2v) is 5.95. The van der Waals surface area contributed by atoms with Gasteiger partial charge in [-0.3, -0.25) is 0 Å². The van der Waals surface area contributed by atoms with Gasteiger partial charge in [-0.05, 0) is 43.4 Å². The van der Waals surface area contributed by atoms with Crippen LogP contribution in [0, 0.1) is 43.4 Å². The Bertz CT molecular complexity index is 664. The SMILES string of the molecule is Cc1nc2c(nc1C)=CC1C(C=2)C2C=C3C2C31.